The maximum atomic E-state index is 5.32. The van der Waals surface area contributed by atoms with E-state index in [1.807, 2.05) is 6.21 Å². The molecule has 4 nitrogen and oxygen atoms in total. The lowest BCUT2D eigenvalue weighted by Gasteiger charge is -2.30. The fourth-order valence-electron chi connectivity index (χ4n) is 2.18. The molecule has 0 amide bonds. The van der Waals surface area contributed by atoms with Crippen LogP contribution in [-0.4, -0.2) is 25.0 Å². The van der Waals surface area contributed by atoms with Crippen LogP contribution in [0.5, 0.6) is 0 Å². The first-order valence-electron chi connectivity index (χ1n) is 5.77. The van der Waals surface area contributed by atoms with Gasteiger partial charge in [-0.2, -0.15) is 5.10 Å². The van der Waals surface area contributed by atoms with Crippen molar-refractivity contribution < 1.29 is 4.74 Å². The van der Waals surface area contributed by atoms with E-state index in [-0.39, 0.29) is 5.11 Å². The first kappa shape index (κ1) is 14.1. The largest absolute Gasteiger partial charge is 0.384 e. The van der Waals surface area contributed by atoms with Crippen molar-refractivity contribution in [2.24, 2.45) is 22.7 Å². The van der Waals surface area contributed by atoms with E-state index in [4.69, 9.17) is 22.7 Å². The number of hydrogen-bond donors (Lipinski definition) is 2. The Kier molecular flexibility index (Phi) is 5.58. The number of ether oxygens (including phenoxy) is 1. The summed E-state index contributed by atoms with van der Waals surface area (Å²) in [6, 6.07) is 0. The summed E-state index contributed by atoms with van der Waals surface area (Å²) in [7, 11) is 1.74. The lowest BCUT2D eigenvalue weighted by molar-refractivity contribution is 0.132. The van der Waals surface area contributed by atoms with Gasteiger partial charge in [-0.15, -0.1) is 0 Å². The molecule has 96 valence electrons. The van der Waals surface area contributed by atoms with Crippen LogP contribution < -0.4 is 11.2 Å². The lowest BCUT2D eigenvalue weighted by atomic mass is 9.77. The summed E-state index contributed by atoms with van der Waals surface area (Å²) < 4.78 is 5.27. The molecule has 0 unspecified atom stereocenters. The highest BCUT2D eigenvalue weighted by molar-refractivity contribution is 7.80. The van der Waals surface area contributed by atoms with Gasteiger partial charge in [0.15, 0.2) is 5.11 Å². The molecule has 0 aliphatic heterocycles. The molecular formula is C12H21N3OS. The van der Waals surface area contributed by atoms with Gasteiger partial charge in [0.2, 0.25) is 0 Å². The number of nitrogens with two attached hydrogens (primary N) is 1. The van der Waals surface area contributed by atoms with Crippen LogP contribution in [0.15, 0.2) is 16.2 Å². The van der Waals surface area contributed by atoms with Crippen molar-refractivity contribution in [2.45, 2.75) is 26.7 Å². The van der Waals surface area contributed by atoms with Gasteiger partial charge in [-0.3, -0.25) is 5.43 Å². The first-order chi connectivity index (χ1) is 8.04. The molecule has 3 N–H and O–H groups in total. The summed E-state index contributed by atoms with van der Waals surface area (Å²) in [6.07, 6.45) is 4.00. The number of methoxy groups -OCH3 is 1. The van der Waals surface area contributed by atoms with Crippen molar-refractivity contribution in [2.75, 3.05) is 13.7 Å². The Morgan fingerprint density at radius 1 is 1.53 bits per heavy atom. The highest BCUT2D eigenvalue weighted by Gasteiger charge is 2.25. The molecule has 1 aliphatic rings. The number of thiocarbonyl (C=S) groups is 1. The van der Waals surface area contributed by atoms with Crippen LogP contribution in [0.2, 0.25) is 0 Å². The molecule has 2 atom stereocenters. The van der Waals surface area contributed by atoms with Crippen molar-refractivity contribution in [1.29, 1.82) is 0 Å². The quantitative estimate of drug-likeness (QED) is 0.348. The van der Waals surface area contributed by atoms with Crippen LogP contribution in [0.3, 0.4) is 0 Å². The third-order valence-corrected chi connectivity index (χ3v) is 3.36. The standard InChI is InChI=1S/C12H21N3OS/c1-8-4-10(6-14-15-12(13)17)11(7-16-3)5-9(8)2/h6,10-11H,4-5,7H2,1-3H3,(H3,13,15,17)/b14-6+/t10-,11+/m0/s1. The third-order valence-electron chi connectivity index (χ3n) is 3.27. The number of rotatable bonds is 4. The normalized spacial score (nSPS) is 25.4. The van der Waals surface area contributed by atoms with Crippen molar-refractivity contribution >= 4 is 23.5 Å². The van der Waals surface area contributed by atoms with Crippen molar-refractivity contribution in [1.82, 2.24) is 5.43 Å². The summed E-state index contributed by atoms with van der Waals surface area (Å²) in [5.41, 5.74) is 10.8. The Morgan fingerprint density at radius 2 is 2.18 bits per heavy atom. The van der Waals surface area contributed by atoms with E-state index < -0.39 is 0 Å². The molecule has 17 heavy (non-hydrogen) atoms. The van der Waals surface area contributed by atoms with Crippen LogP contribution in [-0.2, 0) is 4.74 Å². The minimum absolute atomic E-state index is 0.198. The van der Waals surface area contributed by atoms with E-state index in [1.165, 1.54) is 11.1 Å². The van der Waals surface area contributed by atoms with Gasteiger partial charge in [-0.25, -0.2) is 0 Å². The van der Waals surface area contributed by atoms with Gasteiger partial charge in [0.05, 0.1) is 0 Å². The van der Waals surface area contributed by atoms with Crippen LogP contribution in [0.4, 0.5) is 0 Å². The zero-order valence-electron chi connectivity index (χ0n) is 10.7. The molecule has 1 rings (SSSR count). The monoisotopic (exact) mass is 255 g/mol. The van der Waals surface area contributed by atoms with Crippen LogP contribution in [0.1, 0.15) is 26.7 Å². The number of hydrogen-bond acceptors (Lipinski definition) is 3. The molecule has 0 heterocycles. The predicted octanol–water partition coefficient (Wildman–Crippen LogP) is 1.81. The maximum absolute atomic E-state index is 5.32. The molecule has 0 fully saturated rings. The minimum atomic E-state index is 0.198. The molecule has 0 spiro atoms. The van der Waals surface area contributed by atoms with Crippen molar-refractivity contribution in [3.8, 4) is 0 Å². The second-order valence-electron chi connectivity index (χ2n) is 4.60. The summed E-state index contributed by atoms with van der Waals surface area (Å²) >= 11 is 4.70. The van der Waals surface area contributed by atoms with E-state index >= 15 is 0 Å². The maximum Gasteiger partial charge on any atom is 0.184 e. The van der Waals surface area contributed by atoms with E-state index in [0.29, 0.717) is 11.8 Å². The SMILES string of the molecule is COC[C@H]1CC(C)=C(C)C[C@H]1/C=N/NC(N)=S. The number of hydrazone groups is 1. The Labute approximate surface area is 108 Å². The molecule has 0 aromatic rings. The average Bonchev–Trinajstić information content (AvgIpc) is 2.24. The van der Waals surface area contributed by atoms with Gasteiger partial charge < -0.3 is 10.5 Å². The highest BCUT2D eigenvalue weighted by Crippen LogP contribution is 2.33. The Balaban J connectivity index is 2.66. The van der Waals surface area contributed by atoms with E-state index in [0.717, 1.165) is 19.4 Å². The van der Waals surface area contributed by atoms with Gasteiger partial charge >= 0.3 is 0 Å². The highest BCUT2D eigenvalue weighted by atomic mass is 32.1. The van der Waals surface area contributed by atoms with Gasteiger partial charge in [-0.1, -0.05) is 11.1 Å². The van der Waals surface area contributed by atoms with Gasteiger partial charge in [0.25, 0.3) is 0 Å². The smallest absolute Gasteiger partial charge is 0.184 e. The number of nitrogens with one attached hydrogen (secondary N) is 1. The van der Waals surface area contributed by atoms with Crippen LogP contribution in [0, 0.1) is 11.8 Å². The third kappa shape index (κ3) is 4.44. The van der Waals surface area contributed by atoms with Crippen molar-refractivity contribution in [3.63, 3.8) is 0 Å². The molecule has 5 heteroatoms. The fraction of sp³-hybridized carbons (Fsp3) is 0.667. The molecule has 1 aliphatic carbocycles. The predicted molar refractivity (Wildman–Crippen MR) is 74.9 cm³/mol. The van der Waals surface area contributed by atoms with E-state index in [2.05, 4.69) is 24.4 Å². The van der Waals surface area contributed by atoms with Crippen molar-refractivity contribution in [3.05, 3.63) is 11.1 Å². The Hall–Kier alpha value is -0.940. The topological polar surface area (TPSA) is 59.6 Å². The van der Waals surface area contributed by atoms with Gasteiger partial charge in [0.1, 0.15) is 0 Å². The van der Waals surface area contributed by atoms with Gasteiger partial charge in [-0.05, 0) is 44.8 Å². The van der Waals surface area contributed by atoms with Gasteiger partial charge in [0, 0.05) is 25.8 Å². The van der Waals surface area contributed by atoms with Crippen LogP contribution in [0.25, 0.3) is 0 Å². The summed E-state index contributed by atoms with van der Waals surface area (Å²) in [4.78, 5) is 0. The molecule has 0 bridgehead atoms. The molecular weight excluding hydrogens is 234 g/mol. The average molecular weight is 255 g/mol. The number of allylic oxidation sites excluding steroid dienone is 2. The first-order valence-corrected chi connectivity index (χ1v) is 6.18. The Morgan fingerprint density at radius 3 is 2.76 bits per heavy atom. The molecule has 0 radical (unpaired) electrons. The Bertz CT molecular complexity index is 339. The molecule has 0 saturated heterocycles. The second kappa shape index (κ2) is 6.71. The second-order valence-corrected chi connectivity index (χ2v) is 5.04. The van der Waals surface area contributed by atoms with E-state index in [9.17, 15) is 0 Å². The molecule has 0 aromatic heterocycles. The van der Waals surface area contributed by atoms with E-state index in [1.54, 1.807) is 7.11 Å². The minimum Gasteiger partial charge on any atom is -0.384 e. The van der Waals surface area contributed by atoms with Crippen LogP contribution >= 0.6 is 12.2 Å². The molecule has 0 saturated carbocycles. The molecule has 0 aromatic carbocycles. The zero-order valence-corrected chi connectivity index (χ0v) is 11.5. The number of nitrogens with zero attached hydrogens (tertiary/aromatic N) is 1. The summed E-state index contributed by atoms with van der Waals surface area (Å²) in [5.74, 6) is 0.876. The zero-order chi connectivity index (χ0) is 12.8. The summed E-state index contributed by atoms with van der Waals surface area (Å²) in [6.45, 7) is 5.13. The lowest BCUT2D eigenvalue weighted by Crippen LogP contribution is -2.28. The fourth-order valence-corrected chi connectivity index (χ4v) is 2.23. The summed E-state index contributed by atoms with van der Waals surface area (Å²) in [5, 5.41) is 4.27.